The molecule has 1 fully saturated rings. The Morgan fingerprint density at radius 3 is 2.70 bits per heavy atom. The maximum absolute atomic E-state index is 14.5. The molecular formula is C19H18FNO6. The molecule has 0 radical (unpaired) electrons. The summed E-state index contributed by atoms with van der Waals surface area (Å²) in [6, 6.07) is 9.70. The molecule has 0 amide bonds. The number of halogens is 1. The first-order chi connectivity index (χ1) is 12.9. The number of aliphatic hydroxyl groups excluding tert-OH is 3. The molecular weight excluding hydrogens is 357 g/mol. The zero-order valence-electron chi connectivity index (χ0n) is 14.4. The summed E-state index contributed by atoms with van der Waals surface area (Å²) in [5.41, 5.74) is 2.74. The molecule has 1 aromatic heterocycles. The van der Waals surface area contributed by atoms with E-state index >= 15 is 0 Å². The molecule has 4 rings (SSSR count). The van der Waals surface area contributed by atoms with Crippen molar-refractivity contribution in [2.24, 2.45) is 0 Å². The van der Waals surface area contributed by atoms with E-state index < -0.39 is 30.4 Å². The lowest BCUT2D eigenvalue weighted by Gasteiger charge is -2.34. The van der Waals surface area contributed by atoms with Gasteiger partial charge >= 0.3 is 0 Å². The Hall–Kier alpha value is -2.52. The van der Waals surface area contributed by atoms with Crippen LogP contribution in [0.5, 0.6) is 5.75 Å². The predicted molar refractivity (Wildman–Crippen MR) is 92.5 cm³/mol. The summed E-state index contributed by atoms with van der Waals surface area (Å²) in [4.78, 5) is 4.36. The second-order valence-electron chi connectivity index (χ2n) is 6.50. The molecule has 3 N–H and O–H groups in total. The van der Waals surface area contributed by atoms with E-state index in [4.69, 9.17) is 13.9 Å². The standard InChI is InChI=1S/C19H18FNO6/c1-9-2-4-15-12(6-9)21-18(26-15)10-3-5-14(11(20)7-10)27-19-17(24)16(23)13(22)8-25-19/h2-7,13,16-17,19,22-24H,8H2,1H3/t13-,16-,17+,19-/m0/s1. The van der Waals surface area contributed by atoms with Crippen molar-refractivity contribution in [1.82, 2.24) is 4.98 Å². The van der Waals surface area contributed by atoms with Gasteiger partial charge in [0.1, 0.15) is 23.8 Å². The van der Waals surface area contributed by atoms with Gasteiger partial charge in [0.15, 0.2) is 17.1 Å². The van der Waals surface area contributed by atoms with E-state index in [1.807, 2.05) is 19.1 Å². The van der Waals surface area contributed by atoms with Crippen LogP contribution in [0.1, 0.15) is 5.56 Å². The lowest BCUT2D eigenvalue weighted by Crippen LogP contribution is -2.54. The number of benzene rings is 2. The molecule has 27 heavy (non-hydrogen) atoms. The Kier molecular flexibility index (Phi) is 4.56. The fraction of sp³-hybridized carbons (Fsp3) is 0.316. The van der Waals surface area contributed by atoms with Crippen LogP contribution < -0.4 is 4.74 Å². The minimum absolute atomic E-state index is 0.168. The number of aryl methyl sites for hydroxylation is 1. The normalized spacial score (nSPS) is 25.7. The van der Waals surface area contributed by atoms with Crippen LogP contribution >= 0.6 is 0 Å². The summed E-state index contributed by atoms with van der Waals surface area (Å²) in [7, 11) is 0. The second-order valence-corrected chi connectivity index (χ2v) is 6.50. The highest BCUT2D eigenvalue weighted by Crippen LogP contribution is 2.30. The van der Waals surface area contributed by atoms with Gasteiger partial charge in [0.25, 0.3) is 0 Å². The number of nitrogens with zero attached hydrogens (tertiary/aromatic N) is 1. The van der Waals surface area contributed by atoms with Crippen molar-refractivity contribution in [3.8, 4) is 17.2 Å². The molecule has 3 aromatic rings. The van der Waals surface area contributed by atoms with E-state index in [0.29, 0.717) is 16.7 Å². The summed E-state index contributed by atoms with van der Waals surface area (Å²) in [5.74, 6) is -0.603. The number of ether oxygens (including phenoxy) is 2. The fourth-order valence-corrected chi connectivity index (χ4v) is 2.90. The van der Waals surface area contributed by atoms with E-state index in [-0.39, 0.29) is 18.2 Å². The number of hydrogen-bond donors (Lipinski definition) is 3. The van der Waals surface area contributed by atoms with Gasteiger partial charge in [-0.1, -0.05) is 6.07 Å². The largest absolute Gasteiger partial charge is 0.459 e. The number of aromatic nitrogens is 1. The first-order valence-electron chi connectivity index (χ1n) is 8.42. The first-order valence-corrected chi connectivity index (χ1v) is 8.42. The van der Waals surface area contributed by atoms with Crippen molar-refractivity contribution in [2.75, 3.05) is 6.61 Å². The van der Waals surface area contributed by atoms with Crippen molar-refractivity contribution in [1.29, 1.82) is 0 Å². The third-order valence-corrected chi connectivity index (χ3v) is 4.42. The molecule has 0 bridgehead atoms. The highest BCUT2D eigenvalue weighted by molar-refractivity contribution is 5.76. The Labute approximate surface area is 153 Å². The molecule has 0 aliphatic carbocycles. The molecule has 1 aliphatic heterocycles. The van der Waals surface area contributed by atoms with Gasteiger partial charge < -0.3 is 29.2 Å². The van der Waals surface area contributed by atoms with Crippen molar-refractivity contribution >= 4 is 11.1 Å². The SMILES string of the molecule is Cc1ccc2oc(-c3ccc(O[C@@H]4OC[C@H](O)[C@H](O)[C@H]4O)c(F)c3)nc2c1. The smallest absolute Gasteiger partial charge is 0.229 e. The Bertz CT molecular complexity index is 974. The van der Waals surface area contributed by atoms with Crippen molar-refractivity contribution in [3.05, 3.63) is 47.8 Å². The molecule has 2 aromatic carbocycles. The highest BCUT2D eigenvalue weighted by atomic mass is 19.1. The Morgan fingerprint density at radius 1 is 1.11 bits per heavy atom. The number of fused-ring (bicyclic) bond motifs is 1. The quantitative estimate of drug-likeness (QED) is 0.641. The minimum atomic E-state index is -1.51. The number of rotatable bonds is 3. The average Bonchev–Trinajstić information content (AvgIpc) is 3.06. The van der Waals surface area contributed by atoms with Gasteiger partial charge in [0, 0.05) is 5.56 Å². The summed E-state index contributed by atoms with van der Waals surface area (Å²) in [6.45, 7) is 1.71. The van der Waals surface area contributed by atoms with Gasteiger partial charge in [0.05, 0.1) is 6.61 Å². The first kappa shape index (κ1) is 17.9. The van der Waals surface area contributed by atoms with E-state index in [1.165, 1.54) is 12.1 Å². The molecule has 2 heterocycles. The second kappa shape index (κ2) is 6.90. The van der Waals surface area contributed by atoms with Crippen LogP contribution in [-0.2, 0) is 4.74 Å². The van der Waals surface area contributed by atoms with E-state index in [0.717, 1.165) is 5.56 Å². The fourth-order valence-electron chi connectivity index (χ4n) is 2.90. The number of oxazole rings is 1. The van der Waals surface area contributed by atoms with E-state index in [9.17, 15) is 19.7 Å². The van der Waals surface area contributed by atoms with Crippen LogP contribution in [0.15, 0.2) is 40.8 Å². The monoisotopic (exact) mass is 375 g/mol. The van der Waals surface area contributed by atoms with E-state index in [2.05, 4.69) is 4.98 Å². The van der Waals surface area contributed by atoms with Crippen molar-refractivity contribution in [2.45, 2.75) is 31.5 Å². The van der Waals surface area contributed by atoms with Crippen LogP contribution in [0.3, 0.4) is 0 Å². The minimum Gasteiger partial charge on any atom is -0.459 e. The topological polar surface area (TPSA) is 105 Å². The molecule has 0 unspecified atom stereocenters. The van der Waals surface area contributed by atoms with Crippen LogP contribution in [0, 0.1) is 12.7 Å². The molecule has 1 aliphatic rings. The summed E-state index contributed by atoms with van der Waals surface area (Å²) in [5, 5.41) is 29.0. The molecule has 0 saturated carbocycles. The lowest BCUT2D eigenvalue weighted by molar-refractivity contribution is -0.242. The molecule has 4 atom stereocenters. The van der Waals surface area contributed by atoms with Crippen LogP contribution in [-0.4, -0.2) is 51.5 Å². The molecule has 0 spiro atoms. The van der Waals surface area contributed by atoms with Crippen molar-refractivity contribution < 1.29 is 33.6 Å². The molecule has 8 heteroatoms. The van der Waals surface area contributed by atoms with Crippen LogP contribution in [0.4, 0.5) is 4.39 Å². The lowest BCUT2D eigenvalue weighted by atomic mass is 10.1. The summed E-state index contributed by atoms with van der Waals surface area (Å²) < 4.78 is 30.6. The number of hydrogen-bond acceptors (Lipinski definition) is 7. The van der Waals surface area contributed by atoms with E-state index in [1.54, 1.807) is 12.1 Å². The maximum Gasteiger partial charge on any atom is 0.229 e. The molecule has 7 nitrogen and oxygen atoms in total. The van der Waals surface area contributed by atoms with Gasteiger partial charge in [-0.05, 0) is 42.8 Å². The number of aliphatic hydroxyl groups is 3. The third kappa shape index (κ3) is 3.40. The molecule has 142 valence electrons. The highest BCUT2D eigenvalue weighted by Gasteiger charge is 2.39. The zero-order chi connectivity index (χ0) is 19.1. The average molecular weight is 375 g/mol. The van der Waals surface area contributed by atoms with Gasteiger partial charge in [-0.2, -0.15) is 0 Å². The van der Waals surface area contributed by atoms with Crippen LogP contribution in [0.2, 0.25) is 0 Å². The third-order valence-electron chi connectivity index (χ3n) is 4.42. The van der Waals surface area contributed by atoms with Crippen molar-refractivity contribution in [3.63, 3.8) is 0 Å². The van der Waals surface area contributed by atoms with Gasteiger partial charge in [0.2, 0.25) is 12.2 Å². The van der Waals surface area contributed by atoms with Gasteiger partial charge in [-0.15, -0.1) is 0 Å². The Morgan fingerprint density at radius 2 is 1.93 bits per heavy atom. The molecule has 1 saturated heterocycles. The predicted octanol–water partition coefficient (Wildman–Crippen LogP) is 1.76. The zero-order valence-corrected chi connectivity index (χ0v) is 14.4. The maximum atomic E-state index is 14.5. The van der Waals surface area contributed by atoms with Crippen LogP contribution in [0.25, 0.3) is 22.6 Å². The summed E-state index contributed by atoms with van der Waals surface area (Å²) >= 11 is 0. The summed E-state index contributed by atoms with van der Waals surface area (Å²) in [6.07, 6.45) is -5.46. The van der Waals surface area contributed by atoms with Gasteiger partial charge in [-0.25, -0.2) is 9.37 Å². The van der Waals surface area contributed by atoms with Gasteiger partial charge in [-0.3, -0.25) is 0 Å². The Balaban J connectivity index is 1.57.